The van der Waals surface area contributed by atoms with E-state index in [1.165, 1.54) is 63.4 Å². The molecule has 2 rings (SSSR count). The van der Waals surface area contributed by atoms with Gasteiger partial charge < -0.3 is 0 Å². The van der Waals surface area contributed by atoms with Gasteiger partial charge in [0.05, 0.1) is 0 Å². The first-order valence-electron chi connectivity index (χ1n) is 8.93. The quantitative estimate of drug-likeness (QED) is 0.441. The first-order valence-corrected chi connectivity index (χ1v) is 8.93. The van der Waals surface area contributed by atoms with Gasteiger partial charge in [-0.05, 0) is 68.1 Å². The third-order valence-electron chi connectivity index (χ3n) is 6.02. The maximum absolute atomic E-state index is 4.29. The first kappa shape index (κ1) is 15.9. The largest absolute Gasteiger partial charge is 0.0996 e. The van der Waals surface area contributed by atoms with Gasteiger partial charge in [-0.15, -0.1) is 0 Å². The average Bonchev–Trinajstić information content (AvgIpc) is 2.82. The van der Waals surface area contributed by atoms with Crippen molar-refractivity contribution in [2.45, 2.75) is 78.6 Å². The highest BCUT2D eigenvalue weighted by atomic mass is 14.4. The van der Waals surface area contributed by atoms with Crippen LogP contribution in [0.5, 0.6) is 0 Å². The van der Waals surface area contributed by atoms with Gasteiger partial charge in [-0.3, -0.25) is 0 Å². The fourth-order valence-corrected chi connectivity index (χ4v) is 4.44. The maximum atomic E-state index is 4.29. The van der Waals surface area contributed by atoms with E-state index in [4.69, 9.17) is 0 Å². The van der Waals surface area contributed by atoms with Gasteiger partial charge in [0.25, 0.3) is 0 Å². The van der Waals surface area contributed by atoms with E-state index < -0.39 is 0 Å². The van der Waals surface area contributed by atoms with E-state index in [1.807, 2.05) is 0 Å². The molecule has 0 N–H and O–H groups in total. The molecule has 0 bridgehead atoms. The zero-order valence-corrected chi connectivity index (χ0v) is 14.0. The van der Waals surface area contributed by atoms with E-state index in [0.717, 1.165) is 17.8 Å². The van der Waals surface area contributed by atoms with Gasteiger partial charge in [0.15, 0.2) is 0 Å². The van der Waals surface area contributed by atoms with Crippen LogP contribution in [0.3, 0.4) is 0 Å². The molecular weight excluding hydrogens is 240 g/mol. The van der Waals surface area contributed by atoms with Gasteiger partial charge in [0.1, 0.15) is 0 Å². The predicted molar refractivity (Wildman–Crippen MR) is 89.8 cm³/mol. The Morgan fingerprint density at radius 3 is 2.65 bits per heavy atom. The summed E-state index contributed by atoms with van der Waals surface area (Å²) in [5, 5.41) is 0. The lowest BCUT2D eigenvalue weighted by Gasteiger charge is -2.41. The summed E-state index contributed by atoms with van der Waals surface area (Å²) in [7, 11) is 0. The lowest BCUT2D eigenvalue weighted by Crippen LogP contribution is -2.31. The van der Waals surface area contributed by atoms with Crippen molar-refractivity contribution < 1.29 is 0 Å². The number of rotatable bonds is 8. The minimum Gasteiger partial charge on any atom is -0.0996 e. The van der Waals surface area contributed by atoms with Crippen molar-refractivity contribution in [1.82, 2.24) is 0 Å². The summed E-state index contributed by atoms with van der Waals surface area (Å²) in [6.45, 7) is 11.3. The van der Waals surface area contributed by atoms with E-state index >= 15 is 0 Å². The second-order valence-corrected chi connectivity index (χ2v) is 7.61. The van der Waals surface area contributed by atoms with Crippen LogP contribution in [-0.4, -0.2) is 0 Å². The molecule has 0 spiro atoms. The van der Waals surface area contributed by atoms with Gasteiger partial charge in [-0.2, -0.15) is 0 Å². The van der Waals surface area contributed by atoms with E-state index in [0.29, 0.717) is 5.41 Å². The SMILES string of the molecule is C=C(CC)C(CC)C1CC(CCCC2(C)C=CCC2)C1. The molecule has 20 heavy (non-hydrogen) atoms. The van der Waals surface area contributed by atoms with Crippen molar-refractivity contribution in [2.75, 3.05) is 0 Å². The number of allylic oxidation sites excluding steroid dienone is 3. The molecule has 1 fully saturated rings. The maximum Gasteiger partial charge on any atom is -0.0144 e. The molecule has 0 aliphatic heterocycles. The van der Waals surface area contributed by atoms with Gasteiger partial charge >= 0.3 is 0 Å². The lowest BCUT2D eigenvalue weighted by atomic mass is 9.64. The Hall–Kier alpha value is -0.520. The second-order valence-electron chi connectivity index (χ2n) is 7.61. The molecule has 0 heteroatoms. The van der Waals surface area contributed by atoms with Crippen LogP contribution >= 0.6 is 0 Å². The summed E-state index contributed by atoms with van der Waals surface area (Å²) in [5.74, 6) is 2.79. The Balaban J connectivity index is 1.64. The number of hydrogen-bond donors (Lipinski definition) is 0. The summed E-state index contributed by atoms with van der Waals surface area (Å²) in [4.78, 5) is 0. The molecule has 2 atom stereocenters. The molecule has 0 aromatic heterocycles. The highest BCUT2D eigenvalue weighted by Crippen LogP contribution is 2.46. The summed E-state index contributed by atoms with van der Waals surface area (Å²) in [6.07, 6.45) is 17.3. The molecule has 0 amide bonds. The van der Waals surface area contributed by atoms with Crippen LogP contribution in [-0.2, 0) is 0 Å². The Bertz CT molecular complexity index is 345. The van der Waals surface area contributed by atoms with E-state index in [2.05, 4.69) is 39.5 Å². The Labute approximate surface area is 126 Å². The molecule has 2 aliphatic carbocycles. The van der Waals surface area contributed by atoms with Crippen LogP contribution in [0.1, 0.15) is 78.6 Å². The smallest absolute Gasteiger partial charge is 0.0144 e. The standard InChI is InChI=1S/C20H34/c1-5-16(3)19(6-2)18-14-17(15-18)10-9-13-20(4)11-7-8-12-20/h7,11,17-19H,3,5-6,8-10,12-15H2,1-2,4H3. The van der Waals surface area contributed by atoms with Crippen LogP contribution in [0.15, 0.2) is 24.3 Å². The minimum absolute atomic E-state index is 0.533. The second kappa shape index (κ2) is 6.96. The van der Waals surface area contributed by atoms with Gasteiger partial charge in [-0.1, -0.05) is 57.9 Å². The summed E-state index contributed by atoms with van der Waals surface area (Å²) < 4.78 is 0. The molecule has 2 aliphatic rings. The molecule has 114 valence electrons. The summed E-state index contributed by atoms with van der Waals surface area (Å²) >= 11 is 0. The van der Waals surface area contributed by atoms with Gasteiger partial charge in [0, 0.05) is 0 Å². The highest BCUT2D eigenvalue weighted by Gasteiger charge is 2.34. The fourth-order valence-electron chi connectivity index (χ4n) is 4.44. The zero-order valence-electron chi connectivity index (χ0n) is 14.0. The number of hydrogen-bond acceptors (Lipinski definition) is 0. The van der Waals surface area contributed by atoms with Crippen LogP contribution in [0.2, 0.25) is 0 Å². The molecule has 1 saturated carbocycles. The van der Waals surface area contributed by atoms with Crippen LogP contribution in [0.25, 0.3) is 0 Å². The average molecular weight is 274 g/mol. The van der Waals surface area contributed by atoms with Crippen molar-refractivity contribution in [3.8, 4) is 0 Å². The molecular formula is C20H34. The topological polar surface area (TPSA) is 0 Å². The van der Waals surface area contributed by atoms with Crippen LogP contribution < -0.4 is 0 Å². The van der Waals surface area contributed by atoms with Crippen LogP contribution in [0, 0.1) is 23.2 Å². The third-order valence-corrected chi connectivity index (χ3v) is 6.02. The van der Waals surface area contributed by atoms with Gasteiger partial charge in [-0.25, -0.2) is 0 Å². The Morgan fingerprint density at radius 1 is 1.35 bits per heavy atom. The lowest BCUT2D eigenvalue weighted by molar-refractivity contribution is 0.124. The molecule has 0 aromatic rings. The highest BCUT2D eigenvalue weighted by molar-refractivity contribution is 5.05. The third kappa shape index (κ3) is 3.77. The van der Waals surface area contributed by atoms with Crippen LogP contribution in [0.4, 0.5) is 0 Å². The van der Waals surface area contributed by atoms with E-state index in [1.54, 1.807) is 0 Å². The predicted octanol–water partition coefficient (Wildman–Crippen LogP) is 6.53. The van der Waals surface area contributed by atoms with Crippen molar-refractivity contribution in [3.63, 3.8) is 0 Å². The van der Waals surface area contributed by atoms with Gasteiger partial charge in [0.2, 0.25) is 0 Å². The fraction of sp³-hybridized carbons (Fsp3) is 0.800. The summed E-state index contributed by atoms with van der Waals surface area (Å²) in [6, 6.07) is 0. The Morgan fingerprint density at radius 2 is 2.10 bits per heavy atom. The van der Waals surface area contributed by atoms with Crippen molar-refractivity contribution in [2.24, 2.45) is 23.2 Å². The molecule has 2 unspecified atom stereocenters. The molecule has 0 aromatic carbocycles. The molecule has 0 heterocycles. The van der Waals surface area contributed by atoms with Crippen molar-refractivity contribution in [3.05, 3.63) is 24.3 Å². The molecule has 0 saturated heterocycles. The molecule has 0 radical (unpaired) electrons. The first-order chi connectivity index (χ1) is 9.58. The zero-order chi connectivity index (χ0) is 14.6. The van der Waals surface area contributed by atoms with Crippen molar-refractivity contribution in [1.29, 1.82) is 0 Å². The molecule has 0 nitrogen and oxygen atoms in total. The normalized spacial score (nSPS) is 34.0. The van der Waals surface area contributed by atoms with E-state index in [-0.39, 0.29) is 0 Å². The minimum atomic E-state index is 0.533. The monoisotopic (exact) mass is 274 g/mol. The van der Waals surface area contributed by atoms with Crippen molar-refractivity contribution >= 4 is 0 Å². The van der Waals surface area contributed by atoms with E-state index in [9.17, 15) is 0 Å². The summed E-state index contributed by atoms with van der Waals surface area (Å²) in [5.41, 5.74) is 2.03. The Kier molecular flexibility index (Phi) is 5.52.